The Balaban J connectivity index is 1.98. The molecule has 1 aliphatic rings. The molecular weight excluding hydrogens is 200 g/mol. The highest BCUT2D eigenvalue weighted by atomic mass is 16.5. The van der Waals surface area contributed by atoms with Crippen LogP contribution in [-0.2, 0) is 6.42 Å². The van der Waals surface area contributed by atoms with E-state index in [1.165, 1.54) is 24.1 Å². The van der Waals surface area contributed by atoms with Crippen molar-refractivity contribution in [2.24, 2.45) is 0 Å². The van der Waals surface area contributed by atoms with Crippen LogP contribution in [0.25, 0.3) is 0 Å². The lowest BCUT2D eigenvalue weighted by atomic mass is 10.1. The van der Waals surface area contributed by atoms with Crippen molar-refractivity contribution in [2.75, 3.05) is 26.0 Å². The number of anilines is 1. The van der Waals surface area contributed by atoms with Gasteiger partial charge in [0.2, 0.25) is 0 Å². The molecule has 1 aliphatic heterocycles. The molecule has 16 heavy (non-hydrogen) atoms. The molecule has 0 fully saturated rings. The van der Waals surface area contributed by atoms with E-state index < -0.39 is 0 Å². The predicted octanol–water partition coefficient (Wildman–Crippen LogP) is 2.03. The number of nitrogens with one attached hydrogen (secondary N) is 2. The summed E-state index contributed by atoms with van der Waals surface area (Å²) in [6.45, 7) is 1.09. The normalized spacial score (nSPS) is 18.0. The highest BCUT2D eigenvalue weighted by Gasteiger charge is 2.22. The molecule has 3 nitrogen and oxygen atoms in total. The van der Waals surface area contributed by atoms with E-state index in [0.717, 1.165) is 18.7 Å². The second-order valence-electron chi connectivity index (χ2n) is 4.28. The molecule has 2 N–H and O–H groups in total. The molecule has 1 unspecified atom stereocenters. The maximum absolute atomic E-state index is 5.38. The molecule has 0 bridgehead atoms. The molecule has 3 heteroatoms. The minimum Gasteiger partial charge on any atom is -0.496 e. The molecular formula is C13H20N2O. The van der Waals surface area contributed by atoms with Gasteiger partial charge in [0.05, 0.1) is 7.11 Å². The summed E-state index contributed by atoms with van der Waals surface area (Å²) in [6.07, 6.45) is 3.51. The molecule has 88 valence electrons. The molecule has 1 heterocycles. The van der Waals surface area contributed by atoms with Crippen LogP contribution in [-0.4, -0.2) is 26.7 Å². The van der Waals surface area contributed by atoms with E-state index in [0.29, 0.717) is 6.04 Å². The Hall–Kier alpha value is -1.22. The Morgan fingerprint density at radius 2 is 2.38 bits per heavy atom. The average molecular weight is 220 g/mol. The molecule has 0 saturated heterocycles. The average Bonchev–Trinajstić information content (AvgIpc) is 2.71. The van der Waals surface area contributed by atoms with Crippen molar-refractivity contribution in [1.29, 1.82) is 0 Å². The molecule has 0 aliphatic carbocycles. The number of fused-ring (bicyclic) bond motifs is 1. The number of ether oxygens (including phenoxy) is 1. The van der Waals surface area contributed by atoms with Crippen molar-refractivity contribution >= 4 is 5.69 Å². The fourth-order valence-electron chi connectivity index (χ4n) is 2.32. The summed E-state index contributed by atoms with van der Waals surface area (Å²) in [6, 6.07) is 6.78. The Bertz CT molecular complexity index is 352. The summed E-state index contributed by atoms with van der Waals surface area (Å²) >= 11 is 0. The van der Waals surface area contributed by atoms with Gasteiger partial charge in [-0.05, 0) is 45.0 Å². The van der Waals surface area contributed by atoms with Crippen LogP contribution in [0.3, 0.4) is 0 Å². The van der Waals surface area contributed by atoms with Crippen LogP contribution in [0.4, 0.5) is 5.69 Å². The minimum absolute atomic E-state index is 0.569. The van der Waals surface area contributed by atoms with Gasteiger partial charge in [0.15, 0.2) is 0 Å². The van der Waals surface area contributed by atoms with E-state index in [1.807, 2.05) is 19.2 Å². The quantitative estimate of drug-likeness (QED) is 0.745. The van der Waals surface area contributed by atoms with E-state index in [9.17, 15) is 0 Å². The lowest BCUT2D eigenvalue weighted by molar-refractivity contribution is 0.410. The molecule has 1 aromatic carbocycles. The van der Waals surface area contributed by atoms with Gasteiger partial charge in [-0.2, -0.15) is 0 Å². The fraction of sp³-hybridized carbons (Fsp3) is 0.538. The van der Waals surface area contributed by atoms with E-state index in [4.69, 9.17) is 4.74 Å². The third kappa shape index (κ3) is 2.30. The highest BCUT2D eigenvalue weighted by molar-refractivity contribution is 5.62. The summed E-state index contributed by atoms with van der Waals surface area (Å²) in [4.78, 5) is 0. The topological polar surface area (TPSA) is 33.3 Å². The van der Waals surface area contributed by atoms with Gasteiger partial charge in [0.25, 0.3) is 0 Å². The highest BCUT2D eigenvalue weighted by Crippen LogP contribution is 2.34. The first-order chi connectivity index (χ1) is 7.85. The minimum atomic E-state index is 0.569. The summed E-state index contributed by atoms with van der Waals surface area (Å²) in [5.74, 6) is 1.01. The maximum atomic E-state index is 5.38. The molecule has 2 rings (SSSR count). The van der Waals surface area contributed by atoms with Crippen molar-refractivity contribution in [2.45, 2.75) is 25.3 Å². The standard InChI is InChI=1S/C13H20N2O/c1-14-8-4-5-10-9-11-12(15-10)6-3-7-13(11)16-2/h3,6-7,10,14-15H,4-5,8-9H2,1-2H3. The van der Waals surface area contributed by atoms with Crippen LogP contribution in [0.1, 0.15) is 18.4 Å². The summed E-state index contributed by atoms with van der Waals surface area (Å²) < 4.78 is 5.38. The van der Waals surface area contributed by atoms with Crippen LogP contribution >= 0.6 is 0 Å². The second kappa shape index (κ2) is 5.21. The number of benzene rings is 1. The van der Waals surface area contributed by atoms with Crippen molar-refractivity contribution in [3.63, 3.8) is 0 Å². The van der Waals surface area contributed by atoms with Gasteiger partial charge in [-0.3, -0.25) is 0 Å². The summed E-state index contributed by atoms with van der Waals surface area (Å²) in [5.41, 5.74) is 2.58. The summed E-state index contributed by atoms with van der Waals surface area (Å²) in [5, 5.41) is 6.74. The number of methoxy groups -OCH3 is 1. The molecule has 0 saturated carbocycles. The Morgan fingerprint density at radius 1 is 1.50 bits per heavy atom. The number of hydrogen-bond acceptors (Lipinski definition) is 3. The maximum Gasteiger partial charge on any atom is 0.124 e. The molecule has 0 amide bonds. The van der Waals surface area contributed by atoms with Crippen molar-refractivity contribution in [3.05, 3.63) is 23.8 Å². The molecule has 1 aromatic rings. The van der Waals surface area contributed by atoms with Gasteiger partial charge in [-0.25, -0.2) is 0 Å². The van der Waals surface area contributed by atoms with Crippen LogP contribution in [0.15, 0.2) is 18.2 Å². The van der Waals surface area contributed by atoms with Crippen LogP contribution in [0.5, 0.6) is 5.75 Å². The van der Waals surface area contributed by atoms with Gasteiger partial charge in [-0.15, -0.1) is 0 Å². The SMILES string of the molecule is CNCCCC1Cc2c(cccc2OC)N1. The van der Waals surface area contributed by atoms with E-state index in [1.54, 1.807) is 7.11 Å². The Labute approximate surface area is 97.2 Å². The Kier molecular flexibility index (Phi) is 3.67. The predicted molar refractivity (Wildman–Crippen MR) is 67.3 cm³/mol. The van der Waals surface area contributed by atoms with Gasteiger partial charge in [0, 0.05) is 17.3 Å². The largest absolute Gasteiger partial charge is 0.496 e. The van der Waals surface area contributed by atoms with Gasteiger partial charge in [-0.1, -0.05) is 6.07 Å². The molecule has 0 spiro atoms. The molecule has 0 aromatic heterocycles. The first kappa shape index (κ1) is 11.3. The van der Waals surface area contributed by atoms with E-state index in [-0.39, 0.29) is 0 Å². The van der Waals surface area contributed by atoms with Gasteiger partial charge < -0.3 is 15.4 Å². The second-order valence-corrected chi connectivity index (χ2v) is 4.28. The first-order valence-electron chi connectivity index (χ1n) is 5.92. The zero-order chi connectivity index (χ0) is 11.4. The zero-order valence-electron chi connectivity index (χ0n) is 10.0. The number of rotatable bonds is 5. The van der Waals surface area contributed by atoms with Gasteiger partial charge in [0.1, 0.15) is 5.75 Å². The van der Waals surface area contributed by atoms with Gasteiger partial charge >= 0.3 is 0 Å². The molecule has 1 atom stereocenters. The third-order valence-electron chi connectivity index (χ3n) is 3.14. The smallest absolute Gasteiger partial charge is 0.124 e. The lowest BCUT2D eigenvalue weighted by Crippen LogP contribution is -2.18. The number of hydrogen-bond donors (Lipinski definition) is 2. The molecule has 0 radical (unpaired) electrons. The zero-order valence-corrected chi connectivity index (χ0v) is 10.0. The van der Waals surface area contributed by atoms with E-state index in [2.05, 4.69) is 16.7 Å². The van der Waals surface area contributed by atoms with E-state index >= 15 is 0 Å². The Morgan fingerprint density at radius 3 is 3.12 bits per heavy atom. The van der Waals surface area contributed by atoms with Crippen molar-refractivity contribution < 1.29 is 4.74 Å². The summed E-state index contributed by atoms with van der Waals surface area (Å²) in [7, 11) is 3.74. The van der Waals surface area contributed by atoms with Crippen LogP contribution in [0.2, 0.25) is 0 Å². The fourth-order valence-corrected chi connectivity index (χ4v) is 2.32. The first-order valence-corrected chi connectivity index (χ1v) is 5.92. The third-order valence-corrected chi connectivity index (χ3v) is 3.14. The lowest BCUT2D eigenvalue weighted by Gasteiger charge is -2.10. The van der Waals surface area contributed by atoms with Crippen molar-refractivity contribution in [3.8, 4) is 5.75 Å². The monoisotopic (exact) mass is 220 g/mol. The van der Waals surface area contributed by atoms with Crippen LogP contribution in [0, 0.1) is 0 Å². The van der Waals surface area contributed by atoms with Crippen LogP contribution < -0.4 is 15.4 Å². The van der Waals surface area contributed by atoms with Crippen molar-refractivity contribution in [1.82, 2.24) is 5.32 Å².